The Balaban J connectivity index is 2.70. The second-order valence-corrected chi connectivity index (χ2v) is 10.7. The quantitative estimate of drug-likeness (QED) is 0.507. The Kier molecular flexibility index (Phi) is 5.95. The van der Waals surface area contributed by atoms with Crippen molar-refractivity contribution in [2.75, 3.05) is 6.61 Å². The van der Waals surface area contributed by atoms with Crippen LogP contribution in [0.15, 0.2) is 0 Å². The van der Waals surface area contributed by atoms with Crippen molar-refractivity contribution in [3.8, 4) is 0 Å². The van der Waals surface area contributed by atoms with Gasteiger partial charge in [-0.3, -0.25) is 0 Å². The Hall–Kier alpha value is -0.243. The molecule has 1 aliphatic heterocycles. The average molecular weight is 322 g/mol. The summed E-state index contributed by atoms with van der Waals surface area (Å²) in [4.78, 5) is 0. The normalized spacial score (nSPS) is 22.1. The number of hydrogen-bond donors (Lipinski definition) is 0. The fourth-order valence-electron chi connectivity index (χ4n) is 2.59. The maximum atomic E-state index is 12.4. The summed E-state index contributed by atoms with van der Waals surface area (Å²) in [7, 11) is -2.73. The molecule has 0 bridgehead atoms. The fraction of sp³-hybridized carbons (Fsp3) is 1.00. The molecule has 1 rings (SSSR count). The molecule has 0 spiro atoms. The number of halogens is 6. The molecule has 0 aromatic carbocycles. The van der Waals surface area contributed by atoms with Crippen LogP contribution in [0, 0.1) is 0 Å². The smallest absolute Gasteiger partial charge is 0.382 e. The van der Waals surface area contributed by atoms with Crippen LogP contribution in [0.25, 0.3) is 0 Å². The van der Waals surface area contributed by atoms with E-state index in [4.69, 9.17) is 4.74 Å². The molecular weight excluding hydrogens is 302 g/mol. The van der Waals surface area contributed by atoms with Crippen LogP contribution in [0.5, 0.6) is 0 Å². The summed E-state index contributed by atoms with van der Waals surface area (Å²) in [5.74, 6) is 0. The van der Waals surface area contributed by atoms with Gasteiger partial charge in [-0.25, -0.2) is 0 Å². The minimum absolute atomic E-state index is 0.183. The third-order valence-corrected chi connectivity index (χ3v) is 8.71. The summed E-state index contributed by atoms with van der Waals surface area (Å²) in [5, 5.41) is 0. The number of rotatable bonds is 5. The maximum absolute atomic E-state index is 12.4. The molecule has 0 aromatic rings. The standard InChI is InChI=1S/C12H20F6OSi/c1-20(8-5-11(13,14)15,9-6-12(16,17)18)10-4-2-3-7-19-10/h10H,2-9H2,1H3. The third-order valence-electron chi connectivity index (χ3n) is 3.92. The molecule has 0 aliphatic carbocycles. The van der Waals surface area contributed by atoms with E-state index in [1.165, 1.54) is 0 Å². The van der Waals surface area contributed by atoms with Gasteiger partial charge in [0.05, 0.1) is 8.07 Å². The van der Waals surface area contributed by atoms with Crippen molar-refractivity contribution in [2.45, 2.75) is 68.8 Å². The van der Waals surface area contributed by atoms with Crippen LogP contribution in [0.1, 0.15) is 32.1 Å². The van der Waals surface area contributed by atoms with Crippen molar-refractivity contribution in [1.82, 2.24) is 0 Å². The molecule has 0 aromatic heterocycles. The van der Waals surface area contributed by atoms with Crippen molar-refractivity contribution in [2.24, 2.45) is 0 Å². The number of alkyl halides is 6. The Bertz CT molecular complexity index is 277. The predicted molar refractivity (Wildman–Crippen MR) is 66.2 cm³/mol. The van der Waals surface area contributed by atoms with Crippen molar-refractivity contribution in [3.05, 3.63) is 0 Å². The molecule has 1 aliphatic rings. The van der Waals surface area contributed by atoms with Crippen LogP contribution in [-0.2, 0) is 4.74 Å². The van der Waals surface area contributed by atoms with E-state index < -0.39 is 33.3 Å². The molecule has 0 radical (unpaired) electrons. The van der Waals surface area contributed by atoms with Gasteiger partial charge in [0.2, 0.25) is 0 Å². The Labute approximate surface area is 115 Å². The van der Waals surface area contributed by atoms with Crippen molar-refractivity contribution in [1.29, 1.82) is 0 Å². The topological polar surface area (TPSA) is 9.23 Å². The second-order valence-electron chi connectivity index (χ2n) is 5.74. The molecule has 1 nitrogen and oxygen atoms in total. The van der Waals surface area contributed by atoms with E-state index >= 15 is 0 Å². The highest BCUT2D eigenvalue weighted by molar-refractivity contribution is 6.79. The van der Waals surface area contributed by atoms with Crippen molar-refractivity contribution < 1.29 is 31.1 Å². The van der Waals surface area contributed by atoms with Crippen LogP contribution in [0.3, 0.4) is 0 Å². The molecule has 1 unspecified atom stereocenters. The third kappa shape index (κ3) is 6.47. The van der Waals surface area contributed by atoms with Gasteiger partial charge in [-0.15, -0.1) is 0 Å². The summed E-state index contributed by atoms with van der Waals surface area (Å²) in [5.41, 5.74) is -0.374. The molecule has 120 valence electrons. The zero-order valence-corrected chi connectivity index (χ0v) is 12.4. The van der Waals surface area contributed by atoms with Crippen LogP contribution < -0.4 is 0 Å². The van der Waals surface area contributed by atoms with Crippen LogP contribution in [0.2, 0.25) is 18.6 Å². The summed E-state index contributed by atoms with van der Waals surface area (Å²) in [6, 6.07) is -0.367. The molecule has 1 atom stereocenters. The molecule has 0 N–H and O–H groups in total. The van der Waals surface area contributed by atoms with Gasteiger partial charge in [-0.2, -0.15) is 26.3 Å². The lowest BCUT2D eigenvalue weighted by Crippen LogP contribution is -2.48. The first kappa shape index (κ1) is 17.8. The Morgan fingerprint density at radius 1 is 0.950 bits per heavy atom. The van der Waals surface area contributed by atoms with Crippen LogP contribution in [-0.4, -0.2) is 32.8 Å². The molecule has 20 heavy (non-hydrogen) atoms. The van der Waals surface area contributed by atoms with Crippen LogP contribution in [0.4, 0.5) is 26.3 Å². The summed E-state index contributed by atoms with van der Waals surface area (Å²) >= 11 is 0. The highest BCUT2D eigenvalue weighted by Gasteiger charge is 2.43. The van der Waals surface area contributed by atoms with E-state index in [1.807, 2.05) is 0 Å². The van der Waals surface area contributed by atoms with Crippen molar-refractivity contribution >= 4 is 8.07 Å². The second kappa shape index (κ2) is 6.68. The van der Waals surface area contributed by atoms with Gasteiger partial charge >= 0.3 is 12.4 Å². The first-order valence-corrected chi connectivity index (χ1v) is 9.76. The zero-order chi connectivity index (χ0) is 15.4. The molecule has 8 heteroatoms. The molecular formula is C12H20F6OSi. The van der Waals surface area contributed by atoms with E-state index in [9.17, 15) is 26.3 Å². The highest BCUT2D eigenvalue weighted by Crippen LogP contribution is 2.37. The summed E-state index contributed by atoms with van der Waals surface area (Å²) < 4.78 is 79.8. The molecule has 0 saturated carbocycles. The van der Waals surface area contributed by atoms with Gasteiger partial charge in [0, 0.05) is 25.2 Å². The SMILES string of the molecule is C[Si](CCC(F)(F)F)(CCC(F)(F)F)C1CCCCO1. The van der Waals surface area contributed by atoms with Gasteiger partial charge < -0.3 is 4.74 Å². The fourth-order valence-corrected chi connectivity index (χ4v) is 6.62. The summed E-state index contributed by atoms with van der Waals surface area (Å²) in [6.45, 7) is 2.08. The first-order valence-electron chi connectivity index (χ1n) is 6.77. The highest BCUT2D eigenvalue weighted by atomic mass is 28.3. The van der Waals surface area contributed by atoms with Crippen LogP contribution >= 0.6 is 0 Å². The summed E-state index contributed by atoms with van der Waals surface area (Å²) in [6.07, 6.45) is -8.40. The lowest BCUT2D eigenvalue weighted by molar-refractivity contribution is -0.132. The van der Waals surface area contributed by atoms with E-state index in [0.717, 1.165) is 12.8 Å². The van der Waals surface area contributed by atoms with Crippen molar-refractivity contribution in [3.63, 3.8) is 0 Å². The van der Waals surface area contributed by atoms with Gasteiger partial charge in [0.25, 0.3) is 0 Å². The molecule has 1 fully saturated rings. The van der Waals surface area contributed by atoms with E-state index in [1.54, 1.807) is 6.55 Å². The largest absolute Gasteiger partial charge is 0.388 e. The van der Waals surface area contributed by atoms with Gasteiger partial charge in [0.15, 0.2) is 0 Å². The lowest BCUT2D eigenvalue weighted by atomic mass is 10.2. The Morgan fingerprint density at radius 3 is 1.80 bits per heavy atom. The minimum Gasteiger partial charge on any atom is -0.382 e. The monoisotopic (exact) mass is 322 g/mol. The van der Waals surface area contributed by atoms with E-state index in [-0.39, 0.29) is 17.8 Å². The molecule has 1 heterocycles. The number of ether oxygens (including phenoxy) is 1. The van der Waals surface area contributed by atoms with Gasteiger partial charge in [0.1, 0.15) is 0 Å². The lowest BCUT2D eigenvalue weighted by Gasteiger charge is -2.38. The van der Waals surface area contributed by atoms with Gasteiger partial charge in [-0.05, 0) is 31.4 Å². The average Bonchev–Trinajstić information content (AvgIpc) is 2.33. The molecule has 1 saturated heterocycles. The zero-order valence-electron chi connectivity index (χ0n) is 11.4. The first-order chi connectivity index (χ1) is 9.02. The van der Waals surface area contributed by atoms with Gasteiger partial charge in [-0.1, -0.05) is 6.55 Å². The van der Waals surface area contributed by atoms with E-state index in [2.05, 4.69) is 0 Å². The number of hydrogen-bond acceptors (Lipinski definition) is 1. The minimum atomic E-state index is -4.32. The Morgan fingerprint density at radius 2 is 1.45 bits per heavy atom. The van der Waals surface area contributed by atoms with E-state index in [0.29, 0.717) is 13.0 Å². The predicted octanol–water partition coefficient (Wildman–Crippen LogP) is 5.08. The molecule has 0 amide bonds. The maximum Gasteiger partial charge on any atom is 0.388 e.